The first kappa shape index (κ1) is 16.0. The summed E-state index contributed by atoms with van der Waals surface area (Å²) in [6.07, 6.45) is 6.48. The lowest BCUT2D eigenvalue weighted by molar-refractivity contribution is 0.210. The van der Waals surface area contributed by atoms with Crippen LogP contribution in [0.3, 0.4) is 0 Å². The first-order valence-corrected chi connectivity index (χ1v) is 8.21. The Morgan fingerprint density at radius 2 is 1.86 bits per heavy atom. The van der Waals surface area contributed by atoms with E-state index in [2.05, 4.69) is 34.4 Å². The number of piperidine rings is 1. The van der Waals surface area contributed by atoms with E-state index in [1.54, 1.807) is 0 Å². The molecular formula is C17H27N3O. The predicted octanol–water partition coefficient (Wildman–Crippen LogP) is 3.91. The highest BCUT2D eigenvalue weighted by Gasteiger charge is 2.15. The highest BCUT2D eigenvalue weighted by molar-refractivity contribution is 5.73. The van der Waals surface area contributed by atoms with Gasteiger partial charge < -0.3 is 4.90 Å². The van der Waals surface area contributed by atoms with Gasteiger partial charge in [0.05, 0.1) is 0 Å². The van der Waals surface area contributed by atoms with Gasteiger partial charge in [0.25, 0.3) is 0 Å². The minimum absolute atomic E-state index is 0.846. The second-order valence-electron chi connectivity index (χ2n) is 5.73. The van der Waals surface area contributed by atoms with Crippen LogP contribution in [-0.2, 0) is 6.42 Å². The van der Waals surface area contributed by atoms with Crippen molar-refractivity contribution in [2.75, 3.05) is 20.1 Å². The van der Waals surface area contributed by atoms with Crippen LogP contribution in [0.5, 0.6) is 0 Å². The van der Waals surface area contributed by atoms with Crippen LogP contribution in [0.15, 0.2) is 22.8 Å². The monoisotopic (exact) mass is 289 g/mol. The summed E-state index contributed by atoms with van der Waals surface area (Å²) in [7, 11) is 2.22. The summed E-state index contributed by atoms with van der Waals surface area (Å²) >= 11 is 0. The SMILES string of the molecule is CC.CN1CCC(CCCc2ccc3nonc3c2)CC1. The van der Waals surface area contributed by atoms with E-state index in [1.807, 2.05) is 19.9 Å². The molecule has 2 aromatic rings. The number of hydrogen-bond donors (Lipinski definition) is 0. The summed E-state index contributed by atoms with van der Waals surface area (Å²) < 4.78 is 4.72. The standard InChI is InChI=1S/C15H21N3O.C2H6/c1-18-9-7-12(8-10-18)3-2-4-13-5-6-14-15(11-13)17-19-16-14;1-2/h5-6,11-12H,2-4,7-10H2,1H3;1-2H3. The van der Waals surface area contributed by atoms with Crippen molar-refractivity contribution in [2.45, 2.75) is 46.0 Å². The van der Waals surface area contributed by atoms with Crippen LogP contribution in [0.4, 0.5) is 0 Å². The summed E-state index contributed by atoms with van der Waals surface area (Å²) in [6.45, 7) is 6.53. The van der Waals surface area contributed by atoms with Gasteiger partial charge in [-0.2, -0.15) is 0 Å². The third-order valence-electron chi connectivity index (χ3n) is 4.23. The fourth-order valence-corrected chi connectivity index (χ4v) is 2.93. The normalized spacial score (nSPS) is 16.7. The Hall–Kier alpha value is -1.42. The molecule has 1 aliphatic rings. The second kappa shape index (κ2) is 8.13. The molecule has 1 aliphatic heterocycles. The minimum atomic E-state index is 0.846. The molecule has 21 heavy (non-hydrogen) atoms. The topological polar surface area (TPSA) is 42.2 Å². The first-order valence-electron chi connectivity index (χ1n) is 8.21. The van der Waals surface area contributed by atoms with Crippen molar-refractivity contribution < 1.29 is 4.63 Å². The van der Waals surface area contributed by atoms with E-state index in [1.165, 1.54) is 44.3 Å². The number of fused-ring (bicyclic) bond motifs is 1. The first-order chi connectivity index (χ1) is 10.3. The lowest BCUT2D eigenvalue weighted by atomic mass is 9.91. The fourth-order valence-electron chi connectivity index (χ4n) is 2.93. The lowest BCUT2D eigenvalue weighted by Gasteiger charge is -2.28. The second-order valence-corrected chi connectivity index (χ2v) is 5.73. The molecule has 3 rings (SSSR count). The minimum Gasteiger partial charge on any atom is -0.306 e. The molecule has 1 saturated heterocycles. The average molecular weight is 289 g/mol. The van der Waals surface area contributed by atoms with Crippen molar-refractivity contribution in [1.29, 1.82) is 0 Å². The maximum absolute atomic E-state index is 4.72. The van der Waals surface area contributed by atoms with Crippen molar-refractivity contribution in [3.05, 3.63) is 23.8 Å². The van der Waals surface area contributed by atoms with Crippen molar-refractivity contribution >= 4 is 11.0 Å². The number of aryl methyl sites for hydroxylation is 1. The smallest absolute Gasteiger partial charge is 0.135 e. The summed E-state index contributed by atoms with van der Waals surface area (Å²) in [6, 6.07) is 6.23. The van der Waals surface area contributed by atoms with E-state index in [-0.39, 0.29) is 0 Å². The quantitative estimate of drug-likeness (QED) is 0.855. The van der Waals surface area contributed by atoms with E-state index >= 15 is 0 Å². The van der Waals surface area contributed by atoms with E-state index in [9.17, 15) is 0 Å². The van der Waals surface area contributed by atoms with Crippen LogP contribution in [0.1, 0.15) is 45.1 Å². The molecule has 116 valence electrons. The third-order valence-corrected chi connectivity index (χ3v) is 4.23. The van der Waals surface area contributed by atoms with Crippen LogP contribution in [0.25, 0.3) is 11.0 Å². The molecule has 1 fully saturated rings. The molecule has 1 aromatic carbocycles. The Balaban J connectivity index is 0.000000774. The Bertz CT molecular complexity index is 530. The van der Waals surface area contributed by atoms with Gasteiger partial charge in [-0.25, -0.2) is 4.63 Å². The molecule has 0 atom stereocenters. The van der Waals surface area contributed by atoms with Crippen LogP contribution in [-0.4, -0.2) is 35.4 Å². The van der Waals surface area contributed by atoms with Crippen molar-refractivity contribution in [3.8, 4) is 0 Å². The van der Waals surface area contributed by atoms with E-state index in [4.69, 9.17) is 4.63 Å². The lowest BCUT2D eigenvalue weighted by Crippen LogP contribution is -2.30. The molecule has 4 nitrogen and oxygen atoms in total. The van der Waals surface area contributed by atoms with Crippen LogP contribution < -0.4 is 0 Å². The summed E-state index contributed by atoms with van der Waals surface area (Å²) in [5.74, 6) is 0.925. The van der Waals surface area contributed by atoms with Crippen molar-refractivity contribution in [2.24, 2.45) is 5.92 Å². The molecule has 0 saturated carbocycles. The zero-order chi connectivity index (χ0) is 15.1. The van der Waals surface area contributed by atoms with E-state index < -0.39 is 0 Å². The van der Waals surface area contributed by atoms with Gasteiger partial charge >= 0.3 is 0 Å². The number of likely N-dealkylation sites (tertiary alicyclic amines) is 1. The molecule has 0 amide bonds. The largest absolute Gasteiger partial charge is 0.306 e. The molecular weight excluding hydrogens is 262 g/mol. The van der Waals surface area contributed by atoms with Crippen LogP contribution >= 0.6 is 0 Å². The van der Waals surface area contributed by atoms with Gasteiger partial charge in [-0.3, -0.25) is 0 Å². The highest BCUT2D eigenvalue weighted by atomic mass is 16.6. The Labute approximate surface area is 127 Å². The van der Waals surface area contributed by atoms with Crippen molar-refractivity contribution in [3.63, 3.8) is 0 Å². The molecule has 0 N–H and O–H groups in total. The maximum Gasteiger partial charge on any atom is 0.135 e. The van der Waals surface area contributed by atoms with Gasteiger partial charge in [-0.05, 0) is 79.7 Å². The summed E-state index contributed by atoms with van der Waals surface area (Å²) in [4.78, 5) is 2.43. The molecule has 1 aromatic heterocycles. The van der Waals surface area contributed by atoms with Crippen LogP contribution in [0.2, 0.25) is 0 Å². The Kier molecular flexibility index (Phi) is 6.18. The van der Waals surface area contributed by atoms with Crippen LogP contribution in [0, 0.1) is 5.92 Å². The molecule has 0 aliphatic carbocycles. The number of aromatic nitrogens is 2. The predicted molar refractivity (Wildman–Crippen MR) is 86.3 cm³/mol. The van der Waals surface area contributed by atoms with E-state index in [0.29, 0.717) is 0 Å². The Morgan fingerprint density at radius 1 is 1.14 bits per heavy atom. The van der Waals surface area contributed by atoms with Gasteiger partial charge in [-0.1, -0.05) is 26.3 Å². The molecule has 0 spiro atoms. The summed E-state index contributed by atoms with van der Waals surface area (Å²) in [5, 5.41) is 7.72. The van der Waals surface area contributed by atoms with Gasteiger partial charge in [0.15, 0.2) is 0 Å². The molecule has 4 heteroatoms. The molecule has 0 radical (unpaired) electrons. The number of rotatable bonds is 4. The number of nitrogens with zero attached hydrogens (tertiary/aromatic N) is 3. The zero-order valence-corrected chi connectivity index (χ0v) is 13.5. The van der Waals surface area contributed by atoms with Gasteiger partial charge in [0.2, 0.25) is 0 Å². The fraction of sp³-hybridized carbons (Fsp3) is 0.647. The Morgan fingerprint density at radius 3 is 2.62 bits per heavy atom. The summed E-state index contributed by atoms with van der Waals surface area (Å²) in [5.41, 5.74) is 3.06. The third kappa shape index (κ3) is 4.53. The molecule has 0 bridgehead atoms. The molecule has 0 unspecified atom stereocenters. The van der Waals surface area contributed by atoms with Gasteiger partial charge in [-0.15, -0.1) is 0 Å². The van der Waals surface area contributed by atoms with E-state index in [0.717, 1.165) is 23.4 Å². The number of hydrogen-bond acceptors (Lipinski definition) is 4. The van der Waals surface area contributed by atoms with Gasteiger partial charge in [0, 0.05) is 0 Å². The molecule has 2 heterocycles. The average Bonchev–Trinajstić information content (AvgIpc) is 2.99. The highest BCUT2D eigenvalue weighted by Crippen LogP contribution is 2.22. The van der Waals surface area contributed by atoms with Crippen molar-refractivity contribution in [1.82, 2.24) is 15.2 Å². The number of benzene rings is 1. The maximum atomic E-state index is 4.72. The van der Waals surface area contributed by atoms with Gasteiger partial charge in [0.1, 0.15) is 11.0 Å². The zero-order valence-electron chi connectivity index (χ0n) is 13.5.